The van der Waals surface area contributed by atoms with Crippen LogP contribution < -0.4 is 10.1 Å². The van der Waals surface area contributed by atoms with Crippen molar-refractivity contribution >= 4 is 56.5 Å². The predicted octanol–water partition coefficient (Wildman–Crippen LogP) is 5.35. The molecule has 0 aliphatic heterocycles. The van der Waals surface area contributed by atoms with Crippen LogP contribution in [0.4, 0.5) is 5.69 Å². The summed E-state index contributed by atoms with van der Waals surface area (Å²) in [6.45, 7) is 1.89. The quantitative estimate of drug-likeness (QED) is 0.434. The third kappa shape index (κ3) is 3.83. The summed E-state index contributed by atoms with van der Waals surface area (Å²) in [5, 5.41) is 5.10. The lowest BCUT2D eigenvalue weighted by Crippen LogP contribution is -2.22. The largest absolute Gasteiger partial charge is 0.495 e. The van der Waals surface area contributed by atoms with Crippen LogP contribution in [0.1, 0.15) is 30.2 Å². The third-order valence-electron chi connectivity index (χ3n) is 4.79. The predicted molar refractivity (Wildman–Crippen MR) is 116 cm³/mol. The topological polar surface area (TPSA) is 64.1 Å². The van der Waals surface area contributed by atoms with E-state index in [4.69, 9.17) is 16.3 Å². The van der Waals surface area contributed by atoms with Gasteiger partial charge in [0.1, 0.15) is 21.9 Å². The molecule has 2 heterocycles. The van der Waals surface area contributed by atoms with E-state index in [2.05, 4.69) is 15.3 Å². The van der Waals surface area contributed by atoms with E-state index in [1.54, 1.807) is 43.0 Å². The van der Waals surface area contributed by atoms with Gasteiger partial charge in [-0.25, -0.2) is 9.97 Å². The number of benzene rings is 1. The number of nitrogens with one attached hydrogen (secondary N) is 1. The molecule has 1 aliphatic carbocycles. The number of halogens is 1. The van der Waals surface area contributed by atoms with Crippen LogP contribution in [0.25, 0.3) is 10.2 Å². The molecule has 5 nitrogen and oxygen atoms in total. The molecular weight excluding hydrogens is 414 g/mol. The van der Waals surface area contributed by atoms with Gasteiger partial charge in [-0.3, -0.25) is 4.79 Å². The molecule has 0 radical (unpaired) electrons. The number of ether oxygens (including phenoxy) is 1. The van der Waals surface area contributed by atoms with E-state index >= 15 is 0 Å². The minimum atomic E-state index is -0.307. The number of hydrogen-bond donors (Lipinski definition) is 1. The molecule has 146 valence electrons. The lowest BCUT2D eigenvalue weighted by atomic mass is 9.97. The molecule has 1 atom stereocenters. The molecule has 2 aromatic heterocycles. The van der Waals surface area contributed by atoms with Gasteiger partial charge in [0.05, 0.1) is 17.4 Å². The number of rotatable bonds is 5. The zero-order valence-electron chi connectivity index (χ0n) is 15.6. The van der Waals surface area contributed by atoms with Gasteiger partial charge >= 0.3 is 0 Å². The van der Waals surface area contributed by atoms with Crippen LogP contribution >= 0.6 is 34.7 Å². The summed E-state index contributed by atoms with van der Waals surface area (Å²) in [5.41, 5.74) is 2.02. The van der Waals surface area contributed by atoms with Gasteiger partial charge in [-0.15, -0.1) is 11.3 Å². The fourth-order valence-electron chi connectivity index (χ4n) is 3.36. The Morgan fingerprint density at radius 1 is 1.32 bits per heavy atom. The van der Waals surface area contributed by atoms with Crippen molar-refractivity contribution < 1.29 is 9.53 Å². The van der Waals surface area contributed by atoms with Crippen LogP contribution in [0.15, 0.2) is 29.6 Å². The van der Waals surface area contributed by atoms with E-state index in [0.717, 1.165) is 28.1 Å². The van der Waals surface area contributed by atoms with Crippen molar-refractivity contribution in [2.75, 3.05) is 12.4 Å². The maximum Gasteiger partial charge on any atom is 0.237 e. The van der Waals surface area contributed by atoms with Gasteiger partial charge in [-0.2, -0.15) is 0 Å². The molecular formula is C20H20ClN3O2S2. The Balaban J connectivity index is 1.53. The second-order valence-electron chi connectivity index (χ2n) is 6.67. The van der Waals surface area contributed by atoms with Crippen molar-refractivity contribution in [2.24, 2.45) is 0 Å². The normalized spacial score (nSPS) is 14.5. The van der Waals surface area contributed by atoms with Gasteiger partial charge in [0, 0.05) is 16.0 Å². The Kier molecular flexibility index (Phi) is 5.75. The Morgan fingerprint density at radius 3 is 2.93 bits per heavy atom. The van der Waals surface area contributed by atoms with E-state index < -0.39 is 0 Å². The first-order valence-electron chi connectivity index (χ1n) is 9.13. The van der Waals surface area contributed by atoms with E-state index in [1.807, 2.05) is 6.92 Å². The zero-order chi connectivity index (χ0) is 19.7. The number of carbonyl (C=O) groups is 1. The Labute approximate surface area is 176 Å². The lowest BCUT2D eigenvalue weighted by molar-refractivity contribution is -0.115. The molecule has 4 rings (SSSR count). The zero-order valence-corrected chi connectivity index (χ0v) is 18.0. The molecule has 0 saturated carbocycles. The van der Waals surface area contributed by atoms with Crippen molar-refractivity contribution in [3.05, 3.63) is 40.0 Å². The average molecular weight is 434 g/mol. The molecule has 0 bridgehead atoms. The number of methoxy groups -OCH3 is 1. The lowest BCUT2D eigenvalue weighted by Gasteiger charge is -2.14. The fraction of sp³-hybridized carbons (Fsp3) is 0.350. The highest BCUT2D eigenvalue weighted by Crippen LogP contribution is 2.40. The summed E-state index contributed by atoms with van der Waals surface area (Å²) >= 11 is 9.39. The van der Waals surface area contributed by atoms with Crippen molar-refractivity contribution in [1.82, 2.24) is 9.97 Å². The molecule has 28 heavy (non-hydrogen) atoms. The molecule has 1 unspecified atom stereocenters. The summed E-state index contributed by atoms with van der Waals surface area (Å²) in [5.74, 6) is 0.481. The molecule has 0 saturated heterocycles. The smallest absolute Gasteiger partial charge is 0.237 e. The first kappa shape index (κ1) is 19.5. The first-order chi connectivity index (χ1) is 13.6. The third-order valence-corrected chi connectivity index (χ3v) is 7.39. The van der Waals surface area contributed by atoms with Crippen LogP contribution in [0.5, 0.6) is 5.75 Å². The number of thiophene rings is 1. The van der Waals surface area contributed by atoms with Crippen molar-refractivity contribution in [2.45, 2.75) is 42.9 Å². The number of aromatic nitrogens is 2. The highest BCUT2D eigenvalue weighted by atomic mass is 35.5. The van der Waals surface area contributed by atoms with Crippen molar-refractivity contribution in [1.29, 1.82) is 0 Å². The van der Waals surface area contributed by atoms with Crippen LogP contribution in [0.3, 0.4) is 0 Å². The number of thioether (sulfide) groups is 1. The molecule has 1 aliphatic rings. The van der Waals surface area contributed by atoms with Gasteiger partial charge < -0.3 is 10.1 Å². The van der Waals surface area contributed by atoms with Crippen molar-refractivity contribution in [3.8, 4) is 5.75 Å². The fourth-order valence-corrected chi connectivity index (χ4v) is 5.86. The first-order valence-corrected chi connectivity index (χ1v) is 11.2. The Hall–Kier alpha value is -1.83. The number of anilines is 1. The molecule has 8 heteroatoms. The molecule has 3 aromatic rings. The minimum absolute atomic E-state index is 0.0953. The second-order valence-corrected chi connectivity index (χ2v) is 9.49. The van der Waals surface area contributed by atoms with Crippen LogP contribution in [0, 0.1) is 0 Å². The van der Waals surface area contributed by atoms with E-state index in [-0.39, 0.29) is 11.2 Å². The number of aryl methyl sites for hydroxylation is 2. The Morgan fingerprint density at radius 2 is 2.14 bits per heavy atom. The number of carbonyl (C=O) groups excluding carboxylic acids is 1. The van der Waals surface area contributed by atoms with Crippen LogP contribution in [-0.2, 0) is 17.6 Å². The van der Waals surface area contributed by atoms with Gasteiger partial charge in [0.2, 0.25) is 5.91 Å². The number of nitrogens with zero attached hydrogens (tertiary/aromatic N) is 2. The van der Waals surface area contributed by atoms with Gasteiger partial charge in [-0.05, 0) is 56.4 Å². The monoisotopic (exact) mass is 433 g/mol. The van der Waals surface area contributed by atoms with Crippen LogP contribution in [-0.4, -0.2) is 28.2 Å². The summed E-state index contributed by atoms with van der Waals surface area (Å²) in [6, 6.07) is 5.20. The molecule has 0 fully saturated rings. The van der Waals surface area contributed by atoms with Gasteiger partial charge in [0.15, 0.2) is 0 Å². The van der Waals surface area contributed by atoms with E-state index in [1.165, 1.54) is 35.0 Å². The summed E-state index contributed by atoms with van der Waals surface area (Å²) in [4.78, 5) is 24.1. The molecule has 0 spiro atoms. The summed E-state index contributed by atoms with van der Waals surface area (Å²) < 4.78 is 5.15. The highest BCUT2D eigenvalue weighted by molar-refractivity contribution is 8.00. The van der Waals surface area contributed by atoms with Crippen LogP contribution in [0.2, 0.25) is 5.02 Å². The standard InChI is InChI=1S/C20H20ClN3O2S2/c1-11(18(25)24-12-7-8-15(26-2)14(21)9-12)27-19-17-13-5-3-4-6-16(13)28-20(17)23-10-22-19/h7-11H,3-6H2,1-2H3,(H,24,25). The molecule has 1 amide bonds. The number of fused-ring (bicyclic) bond motifs is 3. The minimum Gasteiger partial charge on any atom is -0.495 e. The maximum absolute atomic E-state index is 12.7. The maximum atomic E-state index is 12.7. The number of hydrogen-bond acceptors (Lipinski definition) is 6. The van der Waals surface area contributed by atoms with E-state index in [9.17, 15) is 4.79 Å². The van der Waals surface area contributed by atoms with Gasteiger partial charge in [0.25, 0.3) is 0 Å². The van der Waals surface area contributed by atoms with Gasteiger partial charge in [-0.1, -0.05) is 23.4 Å². The average Bonchev–Trinajstić information content (AvgIpc) is 3.07. The number of amides is 1. The second kappa shape index (κ2) is 8.27. The molecule has 1 N–H and O–H groups in total. The summed E-state index contributed by atoms with van der Waals surface area (Å²) in [7, 11) is 1.56. The van der Waals surface area contributed by atoms with E-state index in [0.29, 0.717) is 16.5 Å². The summed E-state index contributed by atoms with van der Waals surface area (Å²) in [6.07, 6.45) is 6.22. The Bertz CT molecular complexity index is 1040. The molecule has 1 aromatic carbocycles. The SMILES string of the molecule is COc1ccc(NC(=O)C(C)Sc2ncnc3sc4c(c23)CCCC4)cc1Cl. The van der Waals surface area contributed by atoms with Crippen molar-refractivity contribution in [3.63, 3.8) is 0 Å². The highest BCUT2D eigenvalue weighted by Gasteiger charge is 2.23.